The highest BCUT2D eigenvalue weighted by molar-refractivity contribution is 7.18. The number of hydrogen-bond donors (Lipinski definition) is 1. The maximum absolute atomic E-state index is 12.8. The van der Waals surface area contributed by atoms with Crippen LogP contribution in [0.3, 0.4) is 0 Å². The van der Waals surface area contributed by atoms with Crippen molar-refractivity contribution in [3.05, 3.63) is 34.8 Å². The Bertz CT molecular complexity index is 1010. The van der Waals surface area contributed by atoms with Crippen molar-refractivity contribution in [3.8, 4) is 0 Å². The van der Waals surface area contributed by atoms with Gasteiger partial charge in [0, 0.05) is 19.8 Å². The summed E-state index contributed by atoms with van der Waals surface area (Å²) in [4.78, 5) is 20.6. The number of likely N-dealkylation sites (N-methyl/N-ethyl adjacent to an activating group) is 1. The molecule has 9 heteroatoms. The van der Waals surface area contributed by atoms with E-state index in [2.05, 4.69) is 22.4 Å². The van der Waals surface area contributed by atoms with E-state index in [-0.39, 0.29) is 12.2 Å². The van der Waals surface area contributed by atoms with Crippen LogP contribution in [0.4, 0.5) is 0 Å². The average Bonchev–Trinajstić information content (AvgIpc) is 3.36. The van der Waals surface area contributed by atoms with Crippen LogP contribution in [0.1, 0.15) is 15.2 Å². The van der Waals surface area contributed by atoms with Gasteiger partial charge in [-0.1, -0.05) is 17.4 Å². The van der Waals surface area contributed by atoms with E-state index in [0.717, 1.165) is 35.8 Å². The van der Waals surface area contributed by atoms with Crippen molar-refractivity contribution in [1.29, 1.82) is 0 Å². The molecule has 1 aromatic carbocycles. The van der Waals surface area contributed by atoms with Crippen LogP contribution >= 0.6 is 11.3 Å². The van der Waals surface area contributed by atoms with E-state index in [1.54, 1.807) is 11.9 Å². The number of thiazole rings is 1. The summed E-state index contributed by atoms with van der Waals surface area (Å²) in [5.74, 6) is -0.0504. The van der Waals surface area contributed by atoms with Crippen LogP contribution in [-0.4, -0.2) is 72.5 Å². The van der Waals surface area contributed by atoms with E-state index in [4.69, 9.17) is 14.2 Å². The first-order valence-electron chi connectivity index (χ1n) is 9.38. The Kier molecular flexibility index (Phi) is 4.77. The number of imidazole rings is 1. The van der Waals surface area contributed by atoms with Crippen LogP contribution in [0, 0.1) is 0 Å². The Hall–Kier alpha value is -2.04. The number of nitrogens with one attached hydrogen (secondary N) is 1. The molecular formula is C19H22N4O4S. The molecule has 2 saturated heterocycles. The molecule has 2 aromatic heterocycles. The number of ether oxygens (including phenoxy) is 3. The van der Waals surface area contributed by atoms with Crippen molar-refractivity contribution in [2.45, 2.75) is 18.9 Å². The lowest BCUT2D eigenvalue weighted by molar-refractivity contribution is -0.0542. The van der Waals surface area contributed by atoms with Gasteiger partial charge in [-0.05, 0) is 17.7 Å². The van der Waals surface area contributed by atoms with Crippen LogP contribution in [0.5, 0.6) is 0 Å². The Balaban J connectivity index is 1.36. The van der Waals surface area contributed by atoms with Crippen molar-refractivity contribution < 1.29 is 19.0 Å². The van der Waals surface area contributed by atoms with Gasteiger partial charge in [-0.25, -0.2) is 4.98 Å². The molecule has 0 saturated carbocycles. The number of amides is 1. The molecule has 0 bridgehead atoms. The molecule has 4 heterocycles. The van der Waals surface area contributed by atoms with Gasteiger partial charge in [0.2, 0.25) is 0 Å². The van der Waals surface area contributed by atoms with Gasteiger partial charge in [0.25, 0.3) is 5.91 Å². The molecule has 0 aliphatic carbocycles. The van der Waals surface area contributed by atoms with Gasteiger partial charge in [0.1, 0.15) is 4.88 Å². The second-order valence-corrected chi connectivity index (χ2v) is 8.16. The molecule has 5 rings (SSSR count). The average molecular weight is 402 g/mol. The summed E-state index contributed by atoms with van der Waals surface area (Å²) in [5.41, 5.74) is 3.13. The predicted octanol–water partition coefficient (Wildman–Crippen LogP) is 1.48. The van der Waals surface area contributed by atoms with Gasteiger partial charge in [-0.15, -0.1) is 0 Å². The molecule has 0 radical (unpaired) electrons. The minimum Gasteiger partial charge on any atom is -0.378 e. The molecule has 0 atom stereocenters. The van der Waals surface area contributed by atoms with Gasteiger partial charge in [-0.3, -0.25) is 9.20 Å². The van der Waals surface area contributed by atoms with E-state index in [0.29, 0.717) is 30.7 Å². The Morgan fingerprint density at radius 3 is 2.93 bits per heavy atom. The van der Waals surface area contributed by atoms with Crippen molar-refractivity contribution in [1.82, 2.24) is 19.6 Å². The van der Waals surface area contributed by atoms with E-state index >= 15 is 0 Å². The second-order valence-electron chi connectivity index (χ2n) is 7.15. The molecule has 1 amide bonds. The van der Waals surface area contributed by atoms with Crippen LogP contribution < -0.4 is 5.32 Å². The number of carbonyl (C=O) groups is 1. The van der Waals surface area contributed by atoms with E-state index in [1.165, 1.54) is 16.9 Å². The van der Waals surface area contributed by atoms with E-state index < -0.39 is 0 Å². The maximum atomic E-state index is 12.8. The number of benzene rings is 1. The molecule has 8 nitrogen and oxygen atoms in total. The summed E-state index contributed by atoms with van der Waals surface area (Å²) in [6.07, 6.45) is 1.54. The zero-order valence-electron chi connectivity index (χ0n) is 15.6. The molecule has 0 spiro atoms. The van der Waals surface area contributed by atoms with Crippen LogP contribution in [0.25, 0.3) is 16.0 Å². The Morgan fingerprint density at radius 2 is 2.18 bits per heavy atom. The number of hydrogen-bond acceptors (Lipinski definition) is 7. The fourth-order valence-corrected chi connectivity index (χ4v) is 4.38. The first-order chi connectivity index (χ1) is 13.7. The number of carbonyl (C=O) groups excluding carboxylic acids is 1. The minimum absolute atomic E-state index is 0.0504. The third-order valence-electron chi connectivity index (χ3n) is 5.07. The fraction of sp³-hybridized carbons (Fsp3) is 0.474. The monoisotopic (exact) mass is 402 g/mol. The van der Waals surface area contributed by atoms with Crippen molar-refractivity contribution in [2.75, 3.05) is 40.0 Å². The molecule has 3 aromatic rings. The van der Waals surface area contributed by atoms with Crippen molar-refractivity contribution in [3.63, 3.8) is 0 Å². The molecule has 1 N–H and O–H groups in total. The lowest BCUT2D eigenvalue weighted by Crippen LogP contribution is -2.45. The zero-order chi connectivity index (χ0) is 19.1. The Morgan fingerprint density at radius 1 is 1.36 bits per heavy atom. The van der Waals surface area contributed by atoms with E-state index in [9.17, 15) is 4.79 Å². The first-order valence-corrected chi connectivity index (χ1v) is 10.2. The summed E-state index contributed by atoms with van der Waals surface area (Å²) in [5, 5.41) is 3.48. The van der Waals surface area contributed by atoms with Crippen molar-refractivity contribution >= 4 is 33.2 Å². The third-order valence-corrected chi connectivity index (χ3v) is 6.04. The smallest absolute Gasteiger partial charge is 0.265 e. The highest BCUT2D eigenvalue weighted by atomic mass is 32.1. The lowest BCUT2D eigenvalue weighted by atomic mass is 10.1. The third kappa shape index (κ3) is 3.40. The largest absolute Gasteiger partial charge is 0.378 e. The normalized spacial score (nSPS) is 18.2. The molecule has 2 fully saturated rings. The quantitative estimate of drug-likeness (QED) is 0.673. The van der Waals surface area contributed by atoms with Gasteiger partial charge < -0.3 is 24.4 Å². The molecular weight excluding hydrogens is 380 g/mol. The number of rotatable bonds is 6. The molecule has 2 aliphatic rings. The molecule has 28 heavy (non-hydrogen) atoms. The molecule has 2 aliphatic heterocycles. The summed E-state index contributed by atoms with van der Waals surface area (Å²) in [7, 11) is 1.77. The standard InChI is InChI=1S/C19H22N4O4S/c1-22(9-17-26-4-5-27-17)18(24)16-8-23-15-6-12(7-20-13-10-25-11-13)2-3-14(15)21-19(23)28-16/h2-3,6,8,13,17,20H,4-5,7,9-11H2,1H3. The Labute approximate surface area is 166 Å². The SMILES string of the molecule is CN(CC1OCCO1)C(=O)c1cn2c(nc3ccc(CNC4COC4)cc32)s1. The van der Waals surface area contributed by atoms with Crippen LogP contribution in [0.15, 0.2) is 24.4 Å². The second kappa shape index (κ2) is 7.41. The van der Waals surface area contributed by atoms with Gasteiger partial charge in [0.15, 0.2) is 11.3 Å². The maximum Gasteiger partial charge on any atom is 0.265 e. The van der Waals surface area contributed by atoms with Gasteiger partial charge >= 0.3 is 0 Å². The first kappa shape index (κ1) is 18.0. The molecule has 148 valence electrons. The number of aromatic nitrogens is 2. The highest BCUT2D eigenvalue weighted by Crippen LogP contribution is 2.25. The summed E-state index contributed by atoms with van der Waals surface area (Å²) < 4.78 is 18.1. The number of nitrogens with zero attached hydrogens (tertiary/aromatic N) is 3. The lowest BCUT2D eigenvalue weighted by Gasteiger charge is -2.26. The van der Waals surface area contributed by atoms with E-state index in [1.807, 2.05) is 16.7 Å². The summed E-state index contributed by atoms with van der Waals surface area (Å²) in [6.45, 7) is 3.92. The summed E-state index contributed by atoms with van der Waals surface area (Å²) >= 11 is 1.40. The summed E-state index contributed by atoms with van der Waals surface area (Å²) in [6, 6.07) is 6.70. The van der Waals surface area contributed by atoms with Gasteiger partial charge in [-0.2, -0.15) is 0 Å². The topological polar surface area (TPSA) is 77.3 Å². The van der Waals surface area contributed by atoms with Crippen molar-refractivity contribution in [2.24, 2.45) is 0 Å². The highest BCUT2D eigenvalue weighted by Gasteiger charge is 2.23. The fourth-order valence-electron chi connectivity index (χ4n) is 3.39. The predicted molar refractivity (Wildman–Crippen MR) is 105 cm³/mol. The van der Waals surface area contributed by atoms with Crippen LogP contribution in [-0.2, 0) is 20.8 Å². The van der Waals surface area contributed by atoms with Crippen LogP contribution in [0.2, 0.25) is 0 Å². The van der Waals surface area contributed by atoms with Gasteiger partial charge in [0.05, 0.1) is 50.0 Å². The zero-order valence-corrected chi connectivity index (χ0v) is 16.4. The molecule has 0 unspecified atom stereocenters. The number of fused-ring (bicyclic) bond motifs is 3. The minimum atomic E-state index is -0.338.